The zero-order chi connectivity index (χ0) is 26.3. The Labute approximate surface area is 225 Å². The van der Waals surface area contributed by atoms with Crippen LogP contribution in [-0.2, 0) is 11.3 Å². The van der Waals surface area contributed by atoms with Crippen LogP contribution < -0.4 is 9.47 Å². The summed E-state index contributed by atoms with van der Waals surface area (Å²) in [5.41, 5.74) is 4.16. The molecule has 1 saturated heterocycles. The van der Waals surface area contributed by atoms with Crippen molar-refractivity contribution < 1.29 is 14.3 Å². The summed E-state index contributed by atoms with van der Waals surface area (Å²) in [6.45, 7) is 7.51. The van der Waals surface area contributed by atoms with E-state index >= 15 is 0 Å². The number of hydrazone groups is 1. The quantitative estimate of drug-likeness (QED) is 0.420. The monoisotopic (exact) mass is 512 g/mol. The normalized spacial score (nSPS) is 18.3. The minimum atomic E-state index is -0.169. The molecule has 0 aliphatic carbocycles. The Bertz CT molecular complexity index is 1240. The Morgan fingerprint density at radius 1 is 0.895 bits per heavy atom. The largest absolute Gasteiger partial charge is 0.496 e. The molecule has 7 nitrogen and oxygen atoms in total. The van der Waals surface area contributed by atoms with Gasteiger partial charge in [-0.1, -0.05) is 54.6 Å². The molecule has 1 atom stereocenters. The van der Waals surface area contributed by atoms with Crippen molar-refractivity contribution in [2.75, 3.05) is 46.4 Å². The van der Waals surface area contributed by atoms with Crippen molar-refractivity contribution in [3.05, 3.63) is 95.6 Å². The van der Waals surface area contributed by atoms with Gasteiger partial charge in [-0.2, -0.15) is 5.10 Å². The average Bonchev–Trinajstić information content (AvgIpc) is 3.41. The Morgan fingerprint density at radius 2 is 1.58 bits per heavy atom. The van der Waals surface area contributed by atoms with Gasteiger partial charge in [0.2, 0.25) is 0 Å². The lowest BCUT2D eigenvalue weighted by Gasteiger charge is -2.35. The van der Waals surface area contributed by atoms with E-state index in [2.05, 4.69) is 34.1 Å². The summed E-state index contributed by atoms with van der Waals surface area (Å²) in [4.78, 5) is 18.4. The first-order valence-electron chi connectivity index (χ1n) is 13.4. The van der Waals surface area contributed by atoms with Crippen molar-refractivity contribution in [2.24, 2.45) is 5.10 Å². The first-order chi connectivity index (χ1) is 18.6. The summed E-state index contributed by atoms with van der Waals surface area (Å²) in [5, 5.41) is 6.56. The lowest BCUT2D eigenvalue weighted by atomic mass is 9.98. The maximum absolute atomic E-state index is 13.7. The lowest BCUT2D eigenvalue weighted by Crippen LogP contribution is -2.49. The fourth-order valence-corrected chi connectivity index (χ4v) is 5.21. The smallest absolute Gasteiger partial charge is 0.257 e. The number of methoxy groups -OCH3 is 1. The van der Waals surface area contributed by atoms with Gasteiger partial charge < -0.3 is 9.47 Å². The number of nitrogens with zero attached hydrogens (tertiary/aromatic N) is 4. The molecular weight excluding hydrogens is 476 g/mol. The minimum Gasteiger partial charge on any atom is -0.496 e. The molecular formula is C31H36N4O3. The van der Waals surface area contributed by atoms with E-state index in [1.54, 1.807) is 12.1 Å². The average molecular weight is 513 g/mol. The molecule has 1 amide bonds. The number of carbonyl (C=O) groups excluding carboxylic acids is 1. The highest BCUT2D eigenvalue weighted by atomic mass is 16.5. The van der Waals surface area contributed by atoms with Crippen LogP contribution >= 0.6 is 0 Å². The van der Waals surface area contributed by atoms with Gasteiger partial charge in [-0.15, -0.1) is 0 Å². The van der Waals surface area contributed by atoms with E-state index in [-0.39, 0.29) is 11.9 Å². The summed E-state index contributed by atoms with van der Waals surface area (Å²) in [6, 6.07) is 26.3. The van der Waals surface area contributed by atoms with Gasteiger partial charge in [-0.25, -0.2) is 5.01 Å². The molecule has 38 heavy (non-hydrogen) atoms. The van der Waals surface area contributed by atoms with Gasteiger partial charge in [0.05, 0.1) is 32.0 Å². The first-order valence-corrected chi connectivity index (χ1v) is 13.4. The van der Waals surface area contributed by atoms with Gasteiger partial charge in [0.15, 0.2) is 0 Å². The molecule has 0 aromatic heterocycles. The van der Waals surface area contributed by atoms with Gasteiger partial charge >= 0.3 is 0 Å². The molecule has 0 N–H and O–H groups in total. The van der Waals surface area contributed by atoms with Crippen LogP contribution in [-0.4, -0.2) is 72.9 Å². The fourth-order valence-electron chi connectivity index (χ4n) is 5.21. The topological polar surface area (TPSA) is 57.6 Å². The van der Waals surface area contributed by atoms with Crippen LogP contribution in [0.5, 0.6) is 11.5 Å². The Hall–Kier alpha value is -3.68. The first kappa shape index (κ1) is 25.9. The fraction of sp³-hybridized carbons (Fsp3) is 0.355. The third kappa shape index (κ3) is 6.06. The number of carbonyl (C=O) groups is 1. The van der Waals surface area contributed by atoms with Crippen molar-refractivity contribution in [1.82, 2.24) is 14.8 Å². The van der Waals surface area contributed by atoms with E-state index in [1.165, 1.54) is 5.56 Å². The number of hydrogen-bond donors (Lipinski definition) is 0. The number of piperazine rings is 1. The van der Waals surface area contributed by atoms with Crippen molar-refractivity contribution in [2.45, 2.75) is 25.9 Å². The number of amides is 1. The molecule has 7 heteroatoms. The van der Waals surface area contributed by atoms with E-state index in [0.717, 1.165) is 61.1 Å². The highest BCUT2D eigenvalue weighted by Gasteiger charge is 2.35. The molecule has 2 aliphatic rings. The summed E-state index contributed by atoms with van der Waals surface area (Å²) >= 11 is 0. The Balaban J connectivity index is 1.29. The highest BCUT2D eigenvalue weighted by Crippen LogP contribution is 2.35. The Morgan fingerprint density at radius 3 is 2.29 bits per heavy atom. The highest BCUT2D eigenvalue weighted by molar-refractivity contribution is 6.05. The number of para-hydroxylation sites is 1. The predicted molar refractivity (Wildman–Crippen MR) is 150 cm³/mol. The van der Waals surface area contributed by atoms with Crippen molar-refractivity contribution >= 4 is 11.6 Å². The molecule has 0 radical (unpaired) electrons. The van der Waals surface area contributed by atoms with Gasteiger partial charge in [-0.3, -0.25) is 14.6 Å². The van der Waals surface area contributed by atoms with Crippen molar-refractivity contribution in [3.8, 4) is 11.5 Å². The van der Waals surface area contributed by atoms with Crippen LogP contribution in [0.1, 0.15) is 36.1 Å². The molecule has 3 aromatic carbocycles. The SMILES string of the molecule is CCOc1ccc(C2CC(c3ccccc3OC)=NN2C(=O)CN2CCN(Cc3ccccc3)CC2)cc1. The van der Waals surface area contributed by atoms with E-state index < -0.39 is 0 Å². The second-order valence-electron chi connectivity index (χ2n) is 9.75. The standard InChI is InChI=1S/C31H36N4O3/c1-3-38-26-15-13-25(14-16-26)29-21-28(27-11-7-8-12-30(27)37-2)32-35(29)31(36)23-34-19-17-33(18-20-34)22-24-9-5-4-6-10-24/h4-16,29H,3,17-23H2,1-2H3. The number of ether oxygens (including phenoxy) is 2. The lowest BCUT2D eigenvalue weighted by molar-refractivity contribution is -0.134. The maximum atomic E-state index is 13.7. The zero-order valence-electron chi connectivity index (χ0n) is 22.3. The van der Waals surface area contributed by atoms with Crippen LogP contribution in [0.2, 0.25) is 0 Å². The molecule has 198 valence electrons. The summed E-state index contributed by atoms with van der Waals surface area (Å²) in [5.74, 6) is 1.61. The minimum absolute atomic E-state index is 0.0188. The van der Waals surface area contributed by atoms with Crippen molar-refractivity contribution in [3.63, 3.8) is 0 Å². The van der Waals surface area contributed by atoms with E-state index in [4.69, 9.17) is 14.6 Å². The molecule has 1 fully saturated rings. The van der Waals surface area contributed by atoms with Crippen LogP contribution in [0.25, 0.3) is 0 Å². The molecule has 5 rings (SSSR count). The Kier molecular flexibility index (Phi) is 8.36. The molecule has 0 bridgehead atoms. The van der Waals surface area contributed by atoms with Gasteiger partial charge in [0.1, 0.15) is 11.5 Å². The molecule has 2 aliphatic heterocycles. The van der Waals surface area contributed by atoms with Crippen molar-refractivity contribution in [1.29, 1.82) is 0 Å². The third-order valence-corrected chi connectivity index (χ3v) is 7.23. The number of rotatable bonds is 9. The van der Waals surface area contributed by atoms with E-state index in [9.17, 15) is 4.79 Å². The van der Waals surface area contributed by atoms with Gasteiger partial charge in [0.25, 0.3) is 5.91 Å². The summed E-state index contributed by atoms with van der Waals surface area (Å²) < 4.78 is 11.2. The maximum Gasteiger partial charge on any atom is 0.257 e. The molecule has 3 aromatic rings. The van der Waals surface area contributed by atoms with Crippen LogP contribution in [0.15, 0.2) is 84.0 Å². The second-order valence-corrected chi connectivity index (χ2v) is 9.75. The third-order valence-electron chi connectivity index (χ3n) is 7.23. The van der Waals surface area contributed by atoms with E-state index in [0.29, 0.717) is 19.6 Å². The molecule has 1 unspecified atom stereocenters. The van der Waals surface area contributed by atoms with Gasteiger partial charge in [0, 0.05) is 44.7 Å². The van der Waals surface area contributed by atoms with Gasteiger partial charge in [-0.05, 0) is 42.3 Å². The van der Waals surface area contributed by atoms with E-state index in [1.807, 2.05) is 61.5 Å². The summed E-state index contributed by atoms with van der Waals surface area (Å²) in [6.07, 6.45) is 0.630. The number of hydrogen-bond acceptors (Lipinski definition) is 6. The molecule has 2 heterocycles. The molecule has 0 saturated carbocycles. The molecule has 0 spiro atoms. The van der Waals surface area contributed by atoms with Crippen LogP contribution in [0, 0.1) is 0 Å². The number of benzene rings is 3. The second kappa shape index (κ2) is 12.2. The van der Waals surface area contributed by atoms with Crippen LogP contribution in [0.4, 0.5) is 0 Å². The predicted octanol–water partition coefficient (Wildman–Crippen LogP) is 4.59. The summed E-state index contributed by atoms with van der Waals surface area (Å²) in [7, 11) is 1.67. The van der Waals surface area contributed by atoms with Crippen LogP contribution in [0.3, 0.4) is 0 Å². The zero-order valence-corrected chi connectivity index (χ0v) is 22.3.